The molecule has 0 heterocycles. The van der Waals surface area contributed by atoms with Gasteiger partial charge in [0.05, 0.1) is 4.92 Å². The van der Waals surface area contributed by atoms with E-state index in [4.69, 9.17) is 0 Å². The lowest BCUT2D eigenvalue weighted by molar-refractivity contribution is -0.384. The summed E-state index contributed by atoms with van der Waals surface area (Å²) in [6.07, 6.45) is 2.25. The van der Waals surface area contributed by atoms with E-state index < -0.39 is 4.92 Å². The molecule has 0 aromatic heterocycles. The second-order valence-electron chi connectivity index (χ2n) is 4.94. The number of nitro groups is 1. The van der Waals surface area contributed by atoms with Gasteiger partial charge in [-0.3, -0.25) is 10.1 Å². The monoisotopic (exact) mass is 314 g/mol. The molecule has 1 atom stereocenters. The number of non-ortho nitro benzene ring substituents is 1. The van der Waals surface area contributed by atoms with E-state index in [1.54, 1.807) is 6.07 Å². The standard InChI is InChI=1S/C13H19BrN2O2/c1-9(2)4-5-10(3)15-13-7-6-11(16(17)18)8-12(13)14/h6-10,15H,4-5H2,1-3H3. The largest absolute Gasteiger partial charge is 0.382 e. The second-order valence-corrected chi connectivity index (χ2v) is 5.79. The predicted octanol–water partition coefficient (Wildman–Crippen LogP) is 4.59. The maximum absolute atomic E-state index is 10.6. The number of hydrogen-bond acceptors (Lipinski definition) is 3. The average molecular weight is 315 g/mol. The molecule has 0 spiro atoms. The van der Waals surface area contributed by atoms with E-state index in [-0.39, 0.29) is 5.69 Å². The molecule has 18 heavy (non-hydrogen) atoms. The highest BCUT2D eigenvalue weighted by Gasteiger charge is 2.11. The first-order valence-corrected chi connectivity index (χ1v) is 6.90. The van der Waals surface area contributed by atoms with Crippen LogP contribution in [0.1, 0.15) is 33.6 Å². The molecule has 4 nitrogen and oxygen atoms in total. The predicted molar refractivity (Wildman–Crippen MR) is 78.0 cm³/mol. The minimum absolute atomic E-state index is 0.0993. The van der Waals surface area contributed by atoms with Gasteiger partial charge in [0.2, 0.25) is 0 Å². The molecule has 100 valence electrons. The van der Waals surface area contributed by atoms with E-state index in [0.717, 1.165) is 16.6 Å². The van der Waals surface area contributed by atoms with Gasteiger partial charge in [0, 0.05) is 28.3 Å². The molecule has 0 amide bonds. The maximum Gasteiger partial charge on any atom is 0.270 e. The molecule has 1 N–H and O–H groups in total. The van der Waals surface area contributed by atoms with Gasteiger partial charge in [-0.15, -0.1) is 0 Å². The van der Waals surface area contributed by atoms with E-state index in [9.17, 15) is 10.1 Å². The minimum atomic E-state index is -0.392. The Balaban J connectivity index is 2.64. The summed E-state index contributed by atoms with van der Waals surface area (Å²) in [7, 11) is 0. The van der Waals surface area contributed by atoms with Crippen molar-refractivity contribution in [1.82, 2.24) is 0 Å². The summed E-state index contributed by atoms with van der Waals surface area (Å²) in [4.78, 5) is 10.2. The highest BCUT2D eigenvalue weighted by Crippen LogP contribution is 2.28. The third-order valence-electron chi connectivity index (χ3n) is 2.74. The summed E-state index contributed by atoms with van der Waals surface area (Å²) in [5.41, 5.74) is 0.999. The topological polar surface area (TPSA) is 55.2 Å². The highest BCUT2D eigenvalue weighted by molar-refractivity contribution is 9.10. The Hall–Kier alpha value is -1.10. The second kappa shape index (κ2) is 6.73. The first-order valence-electron chi connectivity index (χ1n) is 6.10. The van der Waals surface area contributed by atoms with Crippen LogP contribution in [0.3, 0.4) is 0 Å². The zero-order chi connectivity index (χ0) is 13.7. The molecule has 0 radical (unpaired) electrons. The quantitative estimate of drug-likeness (QED) is 0.617. The third-order valence-corrected chi connectivity index (χ3v) is 3.40. The van der Waals surface area contributed by atoms with E-state index in [0.29, 0.717) is 12.0 Å². The molecule has 0 fully saturated rings. The van der Waals surface area contributed by atoms with Crippen LogP contribution in [0.15, 0.2) is 22.7 Å². The van der Waals surface area contributed by atoms with Crippen molar-refractivity contribution >= 4 is 27.3 Å². The first kappa shape index (κ1) is 15.0. The molecule has 0 saturated carbocycles. The Morgan fingerprint density at radius 2 is 2.00 bits per heavy atom. The molecule has 0 saturated heterocycles. The van der Waals surface area contributed by atoms with Crippen molar-refractivity contribution in [2.45, 2.75) is 39.7 Å². The average Bonchev–Trinajstić information content (AvgIpc) is 2.29. The van der Waals surface area contributed by atoms with Crippen LogP contribution < -0.4 is 5.32 Å². The number of nitrogens with zero attached hydrogens (tertiary/aromatic N) is 1. The van der Waals surface area contributed by atoms with Gasteiger partial charge in [-0.1, -0.05) is 13.8 Å². The number of benzene rings is 1. The number of anilines is 1. The van der Waals surface area contributed by atoms with Crippen molar-refractivity contribution in [1.29, 1.82) is 0 Å². The Morgan fingerprint density at radius 3 is 2.50 bits per heavy atom. The molecular weight excluding hydrogens is 296 g/mol. The molecule has 1 aromatic carbocycles. The van der Waals surface area contributed by atoms with Gasteiger partial charge in [-0.05, 0) is 47.7 Å². The molecule has 0 aliphatic heterocycles. The van der Waals surface area contributed by atoms with Gasteiger partial charge in [-0.25, -0.2) is 0 Å². The summed E-state index contributed by atoms with van der Waals surface area (Å²) in [5, 5.41) is 14.0. The number of nitro benzene ring substituents is 1. The molecule has 1 unspecified atom stereocenters. The SMILES string of the molecule is CC(C)CCC(C)Nc1ccc([N+](=O)[O-])cc1Br. The lowest BCUT2D eigenvalue weighted by atomic mass is 10.0. The van der Waals surface area contributed by atoms with Crippen LogP contribution in [0.25, 0.3) is 0 Å². The van der Waals surface area contributed by atoms with Gasteiger partial charge >= 0.3 is 0 Å². The summed E-state index contributed by atoms with van der Waals surface area (Å²) < 4.78 is 0.730. The van der Waals surface area contributed by atoms with Gasteiger partial charge < -0.3 is 5.32 Å². The Kier molecular flexibility index (Phi) is 5.59. The fraction of sp³-hybridized carbons (Fsp3) is 0.538. The molecule has 0 aliphatic carbocycles. The van der Waals surface area contributed by atoms with E-state index >= 15 is 0 Å². The lowest BCUT2D eigenvalue weighted by Gasteiger charge is -2.17. The Bertz CT molecular complexity index is 421. The first-order chi connectivity index (χ1) is 8.40. The smallest absolute Gasteiger partial charge is 0.270 e. The van der Waals surface area contributed by atoms with Gasteiger partial charge in [0.1, 0.15) is 0 Å². The van der Waals surface area contributed by atoms with Gasteiger partial charge in [0.15, 0.2) is 0 Å². The molecule has 0 aliphatic rings. The molecular formula is C13H19BrN2O2. The van der Waals surface area contributed by atoms with Crippen LogP contribution in [0.2, 0.25) is 0 Å². The normalized spacial score (nSPS) is 12.5. The zero-order valence-corrected chi connectivity index (χ0v) is 12.5. The molecule has 1 aromatic rings. The van der Waals surface area contributed by atoms with Crippen LogP contribution in [-0.4, -0.2) is 11.0 Å². The fourth-order valence-corrected chi connectivity index (χ4v) is 2.14. The van der Waals surface area contributed by atoms with Gasteiger partial charge in [-0.2, -0.15) is 0 Å². The van der Waals surface area contributed by atoms with Crippen LogP contribution in [-0.2, 0) is 0 Å². The summed E-state index contributed by atoms with van der Waals surface area (Å²) >= 11 is 3.36. The number of nitrogens with one attached hydrogen (secondary N) is 1. The van der Waals surface area contributed by atoms with Crippen LogP contribution in [0.4, 0.5) is 11.4 Å². The highest BCUT2D eigenvalue weighted by atomic mass is 79.9. The Morgan fingerprint density at radius 1 is 1.33 bits per heavy atom. The van der Waals surface area contributed by atoms with Crippen LogP contribution in [0, 0.1) is 16.0 Å². The van der Waals surface area contributed by atoms with E-state index in [1.165, 1.54) is 18.6 Å². The van der Waals surface area contributed by atoms with Crippen molar-refractivity contribution in [2.24, 2.45) is 5.92 Å². The lowest BCUT2D eigenvalue weighted by Crippen LogP contribution is -2.16. The van der Waals surface area contributed by atoms with Crippen molar-refractivity contribution in [3.8, 4) is 0 Å². The van der Waals surface area contributed by atoms with Crippen LogP contribution in [0.5, 0.6) is 0 Å². The van der Waals surface area contributed by atoms with Gasteiger partial charge in [0.25, 0.3) is 5.69 Å². The molecule has 0 bridgehead atoms. The van der Waals surface area contributed by atoms with Crippen molar-refractivity contribution in [2.75, 3.05) is 5.32 Å². The Labute approximate surface area is 116 Å². The molecule has 5 heteroatoms. The van der Waals surface area contributed by atoms with E-state index in [2.05, 4.69) is 42.0 Å². The summed E-state index contributed by atoms with van der Waals surface area (Å²) in [6.45, 7) is 6.53. The maximum atomic E-state index is 10.6. The third kappa shape index (κ3) is 4.64. The van der Waals surface area contributed by atoms with Crippen LogP contribution >= 0.6 is 15.9 Å². The van der Waals surface area contributed by atoms with Crippen molar-refractivity contribution in [3.63, 3.8) is 0 Å². The minimum Gasteiger partial charge on any atom is -0.382 e. The number of hydrogen-bond donors (Lipinski definition) is 1. The molecule has 1 rings (SSSR count). The van der Waals surface area contributed by atoms with E-state index in [1.807, 2.05) is 0 Å². The number of halogens is 1. The fourth-order valence-electron chi connectivity index (χ4n) is 1.66. The summed E-state index contributed by atoms with van der Waals surface area (Å²) in [6, 6.07) is 5.14. The zero-order valence-electron chi connectivity index (χ0n) is 10.9. The van der Waals surface area contributed by atoms with Crippen molar-refractivity contribution in [3.05, 3.63) is 32.8 Å². The summed E-state index contributed by atoms with van der Waals surface area (Å²) in [5.74, 6) is 0.689. The van der Waals surface area contributed by atoms with Crippen molar-refractivity contribution < 1.29 is 4.92 Å². The number of rotatable bonds is 6.